The molecular formula is C7H11F2N5O. The minimum absolute atomic E-state index is 0.120. The Labute approximate surface area is 84.4 Å². The number of halogens is 2. The first-order chi connectivity index (χ1) is 7.11. The van der Waals surface area contributed by atoms with E-state index in [1.807, 2.05) is 0 Å². The third-order valence-electron chi connectivity index (χ3n) is 1.56. The lowest BCUT2D eigenvalue weighted by molar-refractivity contribution is -0.119. The number of nitrogens with one attached hydrogen (secondary N) is 1. The second-order valence-electron chi connectivity index (χ2n) is 2.80. The second-order valence-corrected chi connectivity index (χ2v) is 2.80. The Morgan fingerprint density at radius 2 is 2.40 bits per heavy atom. The molecule has 0 saturated heterocycles. The molecule has 0 radical (unpaired) electrons. The van der Waals surface area contributed by atoms with Crippen molar-refractivity contribution in [3.8, 4) is 0 Å². The molecule has 0 aliphatic heterocycles. The second kappa shape index (κ2) is 5.35. The van der Waals surface area contributed by atoms with Crippen molar-refractivity contribution in [1.29, 1.82) is 0 Å². The van der Waals surface area contributed by atoms with E-state index in [0.717, 1.165) is 4.68 Å². The average molecular weight is 219 g/mol. The van der Waals surface area contributed by atoms with Crippen LogP contribution in [0.5, 0.6) is 0 Å². The number of carbonyl (C=O) groups excluding carboxylic acids is 1. The summed E-state index contributed by atoms with van der Waals surface area (Å²) >= 11 is 0. The first-order valence-electron chi connectivity index (χ1n) is 4.25. The predicted octanol–water partition coefficient (Wildman–Crippen LogP) is -0.882. The van der Waals surface area contributed by atoms with E-state index in [4.69, 9.17) is 5.73 Å². The van der Waals surface area contributed by atoms with Crippen LogP contribution in [0.15, 0.2) is 6.20 Å². The molecule has 84 valence electrons. The summed E-state index contributed by atoms with van der Waals surface area (Å²) in [7, 11) is 0. The maximum absolute atomic E-state index is 11.9. The lowest BCUT2D eigenvalue weighted by Gasteiger charge is -1.98. The molecule has 1 aromatic heterocycles. The van der Waals surface area contributed by atoms with E-state index in [9.17, 15) is 13.6 Å². The number of nitrogens with two attached hydrogens (primary N) is 1. The van der Waals surface area contributed by atoms with Crippen LogP contribution in [-0.2, 0) is 17.9 Å². The smallest absolute Gasteiger partial charge is 0.257 e. The van der Waals surface area contributed by atoms with Gasteiger partial charge in [-0.3, -0.25) is 4.79 Å². The summed E-state index contributed by atoms with van der Waals surface area (Å²) in [4.78, 5) is 10.8. The topological polar surface area (TPSA) is 85.8 Å². The summed E-state index contributed by atoms with van der Waals surface area (Å²) < 4.78 is 24.9. The fourth-order valence-electron chi connectivity index (χ4n) is 0.911. The van der Waals surface area contributed by atoms with E-state index in [1.54, 1.807) is 0 Å². The summed E-state index contributed by atoms with van der Waals surface area (Å²) in [5.41, 5.74) is 5.47. The molecule has 6 nitrogen and oxygen atoms in total. The summed E-state index contributed by atoms with van der Waals surface area (Å²) in [6.07, 6.45) is -1.12. The van der Waals surface area contributed by atoms with Crippen molar-refractivity contribution in [3.05, 3.63) is 11.9 Å². The van der Waals surface area contributed by atoms with Crippen molar-refractivity contribution in [3.63, 3.8) is 0 Å². The molecule has 0 atom stereocenters. The number of rotatable bonds is 5. The van der Waals surface area contributed by atoms with Crippen molar-refractivity contribution >= 4 is 5.91 Å². The van der Waals surface area contributed by atoms with Crippen LogP contribution in [0, 0.1) is 0 Å². The van der Waals surface area contributed by atoms with Crippen LogP contribution in [-0.4, -0.2) is 33.9 Å². The van der Waals surface area contributed by atoms with Gasteiger partial charge in [0.25, 0.3) is 6.43 Å². The highest BCUT2D eigenvalue weighted by molar-refractivity contribution is 5.77. The molecule has 0 aliphatic carbocycles. The SMILES string of the molecule is NCC(=O)NCc1cn(CC(F)F)nn1. The standard InChI is InChI=1S/C7H11F2N5O/c8-6(9)4-14-3-5(12-13-14)2-11-7(15)1-10/h3,6H,1-2,4,10H2,(H,11,15). The Kier molecular flexibility index (Phi) is 4.10. The predicted molar refractivity (Wildman–Crippen MR) is 46.9 cm³/mol. The molecule has 0 bridgehead atoms. The first kappa shape index (κ1) is 11.5. The number of carbonyl (C=O) groups is 1. The van der Waals surface area contributed by atoms with Gasteiger partial charge in [0.1, 0.15) is 12.2 Å². The van der Waals surface area contributed by atoms with Crippen molar-refractivity contribution in [2.24, 2.45) is 5.73 Å². The molecule has 1 aromatic rings. The van der Waals surface area contributed by atoms with Crippen LogP contribution in [0.1, 0.15) is 5.69 Å². The van der Waals surface area contributed by atoms with Gasteiger partial charge in [-0.05, 0) is 0 Å². The molecule has 0 saturated carbocycles. The van der Waals surface area contributed by atoms with Crippen LogP contribution >= 0.6 is 0 Å². The maximum atomic E-state index is 11.9. The zero-order chi connectivity index (χ0) is 11.3. The molecule has 8 heteroatoms. The van der Waals surface area contributed by atoms with Crippen LogP contribution < -0.4 is 11.1 Å². The molecule has 1 amide bonds. The Morgan fingerprint density at radius 3 is 3.00 bits per heavy atom. The van der Waals surface area contributed by atoms with Gasteiger partial charge in [-0.15, -0.1) is 5.10 Å². The van der Waals surface area contributed by atoms with Crippen LogP contribution in [0.2, 0.25) is 0 Å². The molecule has 0 fully saturated rings. The largest absolute Gasteiger partial charge is 0.349 e. The Bertz CT molecular complexity index is 327. The number of hydrogen-bond donors (Lipinski definition) is 2. The maximum Gasteiger partial charge on any atom is 0.257 e. The Hall–Kier alpha value is -1.57. The number of amides is 1. The van der Waals surface area contributed by atoms with Gasteiger partial charge in [-0.25, -0.2) is 13.5 Å². The molecule has 0 spiro atoms. The highest BCUT2D eigenvalue weighted by Crippen LogP contribution is 1.98. The highest BCUT2D eigenvalue weighted by atomic mass is 19.3. The monoisotopic (exact) mass is 219 g/mol. The van der Waals surface area contributed by atoms with Crippen molar-refractivity contribution < 1.29 is 13.6 Å². The number of aromatic nitrogens is 3. The molecular weight excluding hydrogens is 208 g/mol. The van der Waals surface area contributed by atoms with Gasteiger partial charge >= 0.3 is 0 Å². The van der Waals surface area contributed by atoms with Crippen LogP contribution in [0.25, 0.3) is 0 Å². The van der Waals surface area contributed by atoms with E-state index < -0.39 is 13.0 Å². The molecule has 0 aromatic carbocycles. The Balaban J connectivity index is 2.42. The Morgan fingerprint density at radius 1 is 1.67 bits per heavy atom. The first-order valence-corrected chi connectivity index (χ1v) is 4.25. The van der Waals surface area contributed by atoms with E-state index >= 15 is 0 Å². The molecule has 0 unspecified atom stereocenters. The fraction of sp³-hybridized carbons (Fsp3) is 0.571. The molecule has 1 heterocycles. The normalized spacial score (nSPS) is 10.7. The summed E-state index contributed by atoms with van der Waals surface area (Å²) in [6, 6.07) is 0. The van der Waals surface area contributed by atoms with Gasteiger partial charge in [0.05, 0.1) is 19.3 Å². The summed E-state index contributed by atoms with van der Waals surface area (Å²) in [6.45, 7) is -0.484. The lowest BCUT2D eigenvalue weighted by atomic mass is 10.4. The third kappa shape index (κ3) is 3.98. The molecule has 1 rings (SSSR count). The van der Waals surface area contributed by atoms with Crippen LogP contribution in [0.3, 0.4) is 0 Å². The van der Waals surface area contributed by atoms with Crippen molar-refractivity contribution in [1.82, 2.24) is 20.3 Å². The van der Waals surface area contributed by atoms with E-state index in [-0.39, 0.29) is 19.0 Å². The average Bonchev–Trinajstić information content (AvgIpc) is 2.61. The van der Waals surface area contributed by atoms with Crippen molar-refractivity contribution in [2.45, 2.75) is 19.5 Å². The minimum Gasteiger partial charge on any atom is -0.349 e. The fourth-order valence-corrected chi connectivity index (χ4v) is 0.911. The van der Waals surface area contributed by atoms with Gasteiger partial charge in [0, 0.05) is 0 Å². The van der Waals surface area contributed by atoms with Gasteiger partial charge in [-0.2, -0.15) is 0 Å². The summed E-state index contributed by atoms with van der Waals surface area (Å²) in [5, 5.41) is 9.51. The summed E-state index contributed by atoms with van der Waals surface area (Å²) in [5.74, 6) is -0.335. The quantitative estimate of drug-likeness (QED) is 0.673. The highest BCUT2D eigenvalue weighted by Gasteiger charge is 2.07. The van der Waals surface area contributed by atoms with E-state index in [0.29, 0.717) is 5.69 Å². The minimum atomic E-state index is -2.47. The molecule has 15 heavy (non-hydrogen) atoms. The number of alkyl halides is 2. The van der Waals surface area contributed by atoms with Gasteiger partial charge in [0.2, 0.25) is 5.91 Å². The molecule has 3 N–H and O–H groups in total. The lowest BCUT2D eigenvalue weighted by Crippen LogP contribution is -2.29. The van der Waals surface area contributed by atoms with Gasteiger partial charge in [-0.1, -0.05) is 5.21 Å². The van der Waals surface area contributed by atoms with Crippen LogP contribution in [0.4, 0.5) is 8.78 Å². The van der Waals surface area contributed by atoms with Crippen molar-refractivity contribution in [2.75, 3.05) is 6.54 Å². The van der Waals surface area contributed by atoms with Gasteiger partial charge < -0.3 is 11.1 Å². The zero-order valence-electron chi connectivity index (χ0n) is 7.86. The van der Waals surface area contributed by atoms with E-state index in [1.165, 1.54) is 6.20 Å². The third-order valence-corrected chi connectivity index (χ3v) is 1.56. The number of hydrogen-bond acceptors (Lipinski definition) is 4. The number of nitrogens with zero attached hydrogens (tertiary/aromatic N) is 3. The molecule has 0 aliphatic rings. The zero-order valence-corrected chi connectivity index (χ0v) is 7.86. The van der Waals surface area contributed by atoms with E-state index in [2.05, 4.69) is 15.6 Å². The van der Waals surface area contributed by atoms with Gasteiger partial charge in [0.15, 0.2) is 0 Å².